The summed E-state index contributed by atoms with van der Waals surface area (Å²) in [5.41, 5.74) is 1.95. The molecule has 0 bridgehead atoms. The van der Waals surface area contributed by atoms with Crippen LogP contribution < -0.4 is 15.0 Å². The molecule has 2 aromatic rings. The predicted molar refractivity (Wildman–Crippen MR) is 106 cm³/mol. The highest BCUT2D eigenvalue weighted by Gasteiger charge is 2.20. The zero-order valence-electron chi connectivity index (χ0n) is 15.9. The largest absolute Gasteiger partial charge is 0.496 e. The number of ether oxygens (including phenoxy) is 1. The van der Waals surface area contributed by atoms with Crippen LogP contribution in [0.25, 0.3) is 0 Å². The van der Waals surface area contributed by atoms with Crippen molar-refractivity contribution in [3.8, 4) is 5.75 Å². The Morgan fingerprint density at radius 3 is 2.52 bits per heavy atom. The van der Waals surface area contributed by atoms with Crippen LogP contribution in [-0.2, 0) is 22.6 Å². The van der Waals surface area contributed by atoms with Gasteiger partial charge in [-0.3, -0.25) is 9.59 Å². The monoisotopic (exact) mass is 389 g/mol. The number of carbonyl (C=O) groups excluding carboxylic acids is 2. The highest BCUT2D eigenvalue weighted by molar-refractivity contribution is 6.30. The average molecular weight is 390 g/mol. The first-order valence-corrected chi connectivity index (χ1v) is 9.24. The van der Waals surface area contributed by atoms with Gasteiger partial charge in [-0.25, -0.2) is 0 Å². The highest BCUT2D eigenvalue weighted by Crippen LogP contribution is 2.21. The Morgan fingerprint density at radius 2 is 1.89 bits per heavy atom. The second kappa shape index (κ2) is 10.1. The summed E-state index contributed by atoms with van der Waals surface area (Å²) < 4.78 is 5.35. The van der Waals surface area contributed by atoms with Gasteiger partial charge in [-0.05, 0) is 37.1 Å². The van der Waals surface area contributed by atoms with Gasteiger partial charge in [0.2, 0.25) is 0 Å². The van der Waals surface area contributed by atoms with E-state index in [9.17, 15) is 9.59 Å². The van der Waals surface area contributed by atoms with E-state index in [1.54, 1.807) is 13.2 Å². The van der Waals surface area contributed by atoms with Gasteiger partial charge in [-0.15, -0.1) is 0 Å². The van der Waals surface area contributed by atoms with Crippen LogP contribution in [0.1, 0.15) is 18.1 Å². The topological polar surface area (TPSA) is 59.8 Å². The second-order valence-electron chi connectivity index (χ2n) is 6.69. The van der Waals surface area contributed by atoms with Crippen LogP contribution in [0.15, 0.2) is 48.5 Å². The van der Waals surface area contributed by atoms with E-state index in [2.05, 4.69) is 5.32 Å². The summed E-state index contributed by atoms with van der Waals surface area (Å²) >= 11 is 6.06. The molecule has 0 aliphatic rings. The summed E-state index contributed by atoms with van der Waals surface area (Å²) in [7, 11) is 3.52. The molecule has 6 heteroatoms. The Bertz CT molecular complexity index is 780. The lowest BCUT2D eigenvalue weighted by molar-refractivity contribution is -0.885. The maximum Gasteiger partial charge on any atom is 0.275 e. The first-order valence-electron chi connectivity index (χ1n) is 8.86. The van der Waals surface area contributed by atoms with Gasteiger partial charge in [0.25, 0.3) is 5.91 Å². The number of quaternary nitrogens is 1. The fraction of sp³-hybridized carbons (Fsp3) is 0.333. The Hall–Kier alpha value is -2.37. The molecular formula is C21H26ClN2O3+. The van der Waals surface area contributed by atoms with Gasteiger partial charge >= 0.3 is 0 Å². The van der Waals surface area contributed by atoms with E-state index >= 15 is 0 Å². The van der Waals surface area contributed by atoms with Crippen molar-refractivity contribution in [2.75, 3.05) is 20.7 Å². The average Bonchev–Trinajstić information content (AvgIpc) is 2.62. The third-order valence-corrected chi connectivity index (χ3v) is 4.54. The Kier molecular flexibility index (Phi) is 7.82. The van der Waals surface area contributed by atoms with Crippen molar-refractivity contribution in [2.24, 2.45) is 0 Å². The van der Waals surface area contributed by atoms with Gasteiger partial charge < -0.3 is 15.0 Å². The molecule has 0 aromatic heterocycles. The predicted octanol–water partition coefficient (Wildman–Crippen LogP) is 1.68. The fourth-order valence-electron chi connectivity index (χ4n) is 2.94. The third-order valence-electron chi connectivity index (χ3n) is 4.31. The lowest BCUT2D eigenvalue weighted by Gasteiger charge is -2.19. The van der Waals surface area contributed by atoms with Crippen LogP contribution in [0.5, 0.6) is 5.75 Å². The third kappa shape index (κ3) is 6.70. The van der Waals surface area contributed by atoms with Gasteiger partial charge in [0, 0.05) is 10.6 Å². The number of benzene rings is 2. The normalized spacial score (nSPS) is 12.9. The molecule has 1 amide bonds. The first-order chi connectivity index (χ1) is 12.9. The van der Waals surface area contributed by atoms with E-state index in [4.69, 9.17) is 16.3 Å². The molecule has 0 saturated carbocycles. The van der Waals surface area contributed by atoms with Crippen molar-refractivity contribution in [3.05, 3.63) is 64.7 Å². The van der Waals surface area contributed by atoms with Crippen LogP contribution in [0.3, 0.4) is 0 Å². The summed E-state index contributed by atoms with van der Waals surface area (Å²) in [5, 5.41) is 3.48. The summed E-state index contributed by atoms with van der Waals surface area (Å²) in [5.74, 6) is 0.524. The van der Waals surface area contributed by atoms with Crippen LogP contribution in [0.2, 0.25) is 5.02 Å². The minimum absolute atomic E-state index is 0.0543. The number of ketones is 1. The lowest BCUT2D eigenvalue weighted by atomic mass is 10.0. The molecule has 5 nitrogen and oxygen atoms in total. The van der Waals surface area contributed by atoms with Crippen molar-refractivity contribution in [2.45, 2.75) is 25.9 Å². The summed E-state index contributed by atoms with van der Waals surface area (Å²) in [6, 6.07) is 14.6. The molecule has 0 aliphatic heterocycles. The number of hydrogen-bond acceptors (Lipinski definition) is 3. The summed E-state index contributed by atoms with van der Waals surface area (Å²) in [6.07, 6.45) is 0.489. The zero-order valence-corrected chi connectivity index (χ0v) is 16.7. The smallest absolute Gasteiger partial charge is 0.275 e. The number of hydrogen-bond donors (Lipinski definition) is 2. The molecule has 2 aromatic carbocycles. The molecule has 27 heavy (non-hydrogen) atoms. The fourth-order valence-corrected chi connectivity index (χ4v) is 3.13. The van der Waals surface area contributed by atoms with Gasteiger partial charge in [-0.1, -0.05) is 41.9 Å². The molecule has 0 spiro atoms. The minimum Gasteiger partial charge on any atom is -0.496 e. The molecule has 0 saturated heterocycles. The first kappa shape index (κ1) is 20.9. The van der Waals surface area contributed by atoms with E-state index in [0.29, 0.717) is 18.0 Å². The van der Waals surface area contributed by atoms with E-state index < -0.39 is 6.04 Å². The minimum atomic E-state index is -0.520. The number of methoxy groups -OCH3 is 1. The molecular weight excluding hydrogens is 364 g/mol. The number of likely N-dealkylation sites (N-methyl/N-ethyl adjacent to an activating group) is 1. The number of amides is 1. The van der Waals surface area contributed by atoms with Crippen molar-refractivity contribution in [1.29, 1.82) is 0 Å². The van der Waals surface area contributed by atoms with Gasteiger partial charge in [0.05, 0.1) is 20.2 Å². The summed E-state index contributed by atoms with van der Waals surface area (Å²) in [6.45, 7) is 2.33. The van der Waals surface area contributed by atoms with Crippen molar-refractivity contribution in [3.63, 3.8) is 0 Å². The maximum absolute atomic E-state index is 12.4. The number of nitrogens with one attached hydrogen (secondary N) is 2. The Morgan fingerprint density at radius 1 is 1.19 bits per heavy atom. The van der Waals surface area contributed by atoms with Crippen LogP contribution >= 0.6 is 11.6 Å². The van der Waals surface area contributed by atoms with E-state index in [-0.39, 0.29) is 18.2 Å². The molecule has 144 valence electrons. The van der Waals surface area contributed by atoms with Crippen molar-refractivity contribution < 1.29 is 19.2 Å². The van der Waals surface area contributed by atoms with E-state index in [0.717, 1.165) is 21.8 Å². The van der Waals surface area contributed by atoms with Crippen LogP contribution in [-0.4, -0.2) is 38.4 Å². The maximum atomic E-state index is 12.4. The van der Waals surface area contributed by atoms with Crippen LogP contribution in [0.4, 0.5) is 0 Å². The van der Waals surface area contributed by atoms with Crippen molar-refractivity contribution in [1.82, 2.24) is 5.32 Å². The molecule has 0 heterocycles. The van der Waals surface area contributed by atoms with Gasteiger partial charge in [-0.2, -0.15) is 0 Å². The van der Waals surface area contributed by atoms with Crippen molar-refractivity contribution >= 4 is 23.3 Å². The molecule has 1 unspecified atom stereocenters. The Labute approximate surface area is 165 Å². The molecule has 0 radical (unpaired) electrons. The Balaban J connectivity index is 1.94. The van der Waals surface area contributed by atoms with E-state index in [1.165, 1.54) is 6.92 Å². The molecule has 2 rings (SSSR count). The SMILES string of the molecule is COc1ccc(Cl)cc1C[NH+](C)CC(=O)N[C@H](Cc1ccccc1)C(C)=O. The zero-order chi connectivity index (χ0) is 19.8. The molecule has 2 atom stereocenters. The van der Waals surface area contributed by atoms with E-state index in [1.807, 2.05) is 49.5 Å². The second-order valence-corrected chi connectivity index (χ2v) is 7.12. The van der Waals surface area contributed by atoms with Gasteiger partial charge in [0.15, 0.2) is 12.3 Å². The van der Waals surface area contributed by atoms with Crippen LogP contribution in [0, 0.1) is 0 Å². The number of halogens is 1. The number of carbonyl (C=O) groups is 2. The lowest BCUT2D eigenvalue weighted by Crippen LogP contribution is -3.09. The molecule has 2 N–H and O–H groups in total. The quantitative estimate of drug-likeness (QED) is 0.686. The molecule has 0 fully saturated rings. The molecule has 0 aliphatic carbocycles. The summed E-state index contributed by atoms with van der Waals surface area (Å²) in [4.78, 5) is 25.3. The highest BCUT2D eigenvalue weighted by atomic mass is 35.5. The number of Topliss-reactive ketones (excluding diaryl/α,β-unsaturated/α-hetero) is 1. The standard InChI is InChI=1S/C21H25ClN2O3/c1-15(25)19(11-16-7-5-4-6-8-16)23-21(26)14-24(2)13-17-12-18(22)9-10-20(17)27-3/h4-10,12,19H,11,13-14H2,1-3H3,(H,23,26)/p+1/t19-/m1/s1. The number of rotatable bonds is 9. The van der Waals surface area contributed by atoms with Gasteiger partial charge in [0.1, 0.15) is 12.3 Å².